The Balaban J connectivity index is 2.48. The SMILES string of the molecule is Cc1ccc(Cl)cc1S(=O)(=O)N1CCC[C@@H]1C(=O)O. The standard InChI is InChI=1S/C12H14ClNO4S/c1-8-4-5-9(13)7-11(8)19(17,18)14-6-2-3-10(14)12(15)16/h4-5,7,10H,2-3,6H2,1H3,(H,15,16)/t10-/m1/s1. The van der Waals surface area contributed by atoms with Crippen molar-refractivity contribution in [2.24, 2.45) is 0 Å². The Morgan fingerprint density at radius 2 is 2.16 bits per heavy atom. The monoisotopic (exact) mass is 303 g/mol. The summed E-state index contributed by atoms with van der Waals surface area (Å²) in [4.78, 5) is 11.2. The molecule has 1 N–H and O–H groups in total. The van der Waals surface area contributed by atoms with Crippen molar-refractivity contribution in [3.8, 4) is 0 Å². The fraction of sp³-hybridized carbons (Fsp3) is 0.417. The van der Waals surface area contributed by atoms with Gasteiger partial charge >= 0.3 is 5.97 Å². The molecular formula is C12H14ClNO4S. The second-order valence-corrected chi connectivity index (χ2v) is 6.82. The molecule has 19 heavy (non-hydrogen) atoms. The van der Waals surface area contributed by atoms with Crippen molar-refractivity contribution < 1.29 is 18.3 Å². The molecule has 104 valence electrons. The van der Waals surface area contributed by atoms with Crippen LogP contribution in [0.3, 0.4) is 0 Å². The van der Waals surface area contributed by atoms with E-state index in [1.807, 2.05) is 0 Å². The van der Waals surface area contributed by atoms with Gasteiger partial charge in [0.1, 0.15) is 6.04 Å². The molecule has 1 aromatic rings. The fourth-order valence-electron chi connectivity index (χ4n) is 2.25. The molecule has 0 bridgehead atoms. The number of carboxylic acids is 1. The van der Waals surface area contributed by atoms with Crippen LogP contribution in [0.1, 0.15) is 18.4 Å². The Morgan fingerprint density at radius 1 is 1.47 bits per heavy atom. The Kier molecular flexibility index (Phi) is 3.85. The first-order valence-electron chi connectivity index (χ1n) is 5.85. The van der Waals surface area contributed by atoms with Crippen LogP contribution in [-0.2, 0) is 14.8 Å². The molecule has 1 atom stereocenters. The van der Waals surface area contributed by atoms with Crippen LogP contribution in [0, 0.1) is 6.92 Å². The predicted molar refractivity (Wildman–Crippen MR) is 70.7 cm³/mol. The second-order valence-electron chi connectivity index (χ2n) is 4.52. The van der Waals surface area contributed by atoms with Crippen molar-refractivity contribution in [1.29, 1.82) is 0 Å². The number of carbonyl (C=O) groups is 1. The number of rotatable bonds is 3. The molecule has 0 aromatic heterocycles. The van der Waals surface area contributed by atoms with E-state index in [1.54, 1.807) is 19.1 Å². The Morgan fingerprint density at radius 3 is 2.79 bits per heavy atom. The van der Waals surface area contributed by atoms with Crippen LogP contribution in [0.5, 0.6) is 0 Å². The molecule has 2 rings (SSSR count). The highest BCUT2D eigenvalue weighted by Crippen LogP contribution is 2.29. The fourth-order valence-corrected chi connectivity index (χ4v) is 4.39. The number of nitrogens with zero attached hydrogens (tertiary/aromatic N) is 1. The third kappa shape index (κ3) is 2.61. The van der Waals surface area contributed by atoms with Crippen LogP contribution in [-0.4, -0.2) is 36.4 Å². The van der Waals surface area contributed by atoms with Crippen LogP contribution in [0.25, 0.3) is 0 Å². The van der Waals surface area contributed by atoms with E-state index >= 15 is 0 Å². The number of aliphatic carboxylic acids is 1. The number of halogens is 1. The van der Waals surface area contributed by atoms with Gasteiger partial charge < -0.3 is 5.11 Å². The predicted octanol–water partition coefficient (Wildman–Crippen LogP) is 1.89. The number of hydrogen-bond acceptors (Lipinski definition) is 3. The highest BCUT2D eigenvalue weighted by atomic mass is 35.5. The van der Waals surface area contributed by atoms with Gasteiger partial charge in [-0.2, -0.15) is 4.31 Å². The number of carboxylic acid groups (broad SMARTS) is 1. The minimum absolute atomic E-state index is 0.0770. The van der Waals surface area contributed by atoms with Gasteiger partial charge in [0.25, 0.3) is 0 Å². The van der Waals surface area contributed by atoms with Crippen molar-refractivity contribution >= 4 is 27.6 Å². The van der Waals surface area contributed by atoms with Crippen molar-refractivity contribution in [2.45, 2.75) is 30.7 Å². The van der Waals surface area contributed by atoms with E-state index in [4.69, 9.17) is 16.7 Å². The van der Waals surface area contributed by atoms with Crippen LogP contribution in [0.2, 0.25) is 5.02 Å². The number of sulfonamides is 1. The molecule has 0 aliphatic carbocycles. The molecule has 1 aliphatic rings. The van der Waals surface area contributed by atoms with Crippen molar-refractivity contribution in [2.75, 3.05) is 6.54 Å². The van der Waals surface area contributed by atoms with E-state index < -0.39 is 22.0 Å². The van der Waals surface area contributed by atoms with Gasteiger partial charge in [-0.1, -0.05) is 17.7 Å². The van der Waals surface area contributed by atoms with Crippen LogP contribution >= 0.6 is 11.6 Å². The molecule has 5 nitrogen and oxygen atoms in total. The molecule has 1 fully saturated rings. The van der Waals surface area contributed by atoms with Crippen LogP contribution in [0.4, 0.5) is 0 Å². The van der Waals surface area contributed by atoms with Gasteiger partial charge in [-0.25, -0.2) is 8.42 Å². The first-order valence-corrected chi connectivity index (χ1v) is 7.66. The zero-order valence-corrected chi connectivity index (χ0v) is 11.9. The quantitative estimate of drug-likeness (QED) is 0.925. The third-order valence-corrected chi connectivity index (χ3v) is 5.51. The van der Waals surface area contributed by atoms with E-state index in [0.29, 0.717) is 23.4 Å². The molecule has 0 amide bonds. The lowest BCUT2D eigenvalue weighted by molar-refractivity contribution is -0.140. The topological polar surface area (TPSA) is 74.7 Å². The molecular weight excluding hydrogens is 290 g/mol. The largest absolute Gasteiger partial charge is 0.480 e. The first-order chi connectivity index (χ1) is 8.84. The number of aryl methyl sites for hydroxylation is 1. The Hall–Kier alpha value is -1.11. The summed E-state index contributed by atoms with van der Waals surface area (Å²) in [6, 6.07) is 3.60. The minimum Gasteiger partial charge on any atom is -0.480 e. The average molecular weight is 304 g/mol. The lowest BCUT2D eigenvalue weighted by Crippen LogP contribution is -2.40. The Labute approximate surface area is 116 Å². The van der Waals surface area contributed by atoms with Crippen molar-refractivity contribution in [1.82, 2.24) is 4.31 Å². The summed E-state index contributed by atoms with van der Waals surface area (Å²) in [6.07, 6.45) is 0.893. The normalized spacial score (nSPS) is 20.6. The summed E-state index contributed by atoms with van der Waals surface area (Å²) in [6.45, 7) is 1.89. The van der Waals surface area contributed by atoms with E-state index in [0.717, 1.165) is 4.31 Å². The summed E-state index contributed by atoms with van der Waals surface area (Å²) < 4.78 is 26.1. The summed E-state index contributed by atoms with van der Waals surface area (Å²) in [7, 11) is -3.82. The molecule has 1 saturated heterocycles. The van der Waals surface area contributed by atoms with Crippen LogP contribution in [0.15, 0.2) is 23.1 Å². The molecule has 0 spiro atoms. The van der Waals surface area contributed by atoms with E-state index in [2.05, 4.69) is 0 Å². The maximum absolute atomic E-state index is 12.5. The van der Waals surface area contributed by atoms with Gasteiger partial charge in [0.2, 0.25) is 10.0 Å². The van der Waals surface area contributed by atoms with Crippen LogP contribution < -0.4 is 0 Å². The third-order valence-electron chi connectivity index (χ3n) is 3.23. The molecule has 0 unspecified atom stereocenters. The molecule has 0 saturated carbocycles. The summed E-state index contributed by atoms with van der Waals surface area (Å²) >= 11 is 5.83. The van der Waals surface area contributed by atoms with Gasteiger partial charge in [-0.05, 0) is 37.5 Å². The van der Waals surface area contributed by atoms with E-state index in [9.17, 15) is 13.2 Å². The van der Waals surface area contributed by atoms with Gasteiger partial charge in [0.15, 0.2) is 0 Å². The summed E-state index contributed by atoms with van der Waals surface area (Å²) in [5.74, 6) is -1.11. The van der Waals surface area contributed by atoms with Gasteiger partial charge in [0, 0.05) is 11.6 Å². The minimum atomic E-state index is -3.82. The average Bonchev–Trinajstić information content (AvgIpc) is 2.82. The maximum atomic E-state index is 12.5. The van der Waals surface area contributed by atoms with E-state index in [1.165, 1.54) is 6.07 Å². The lowest BCUT2D eigenvalue weighted by atomic mass is 10.2. The zero-order valence-electron chi connectivity index (χ0n) is 10.3. The smallest absolute Gasteiger partial charge is 0.322 e. The highest BCUT2D eigenvalue weighted by Gasteiger charge is 2.39. The van der Waals surface area contributed by atoms with Gasteiger partial charge in [0.05, 0.1) is 4.90 Å². The highest BCUT2D eigenvalue weighted by molar-refractivity contribution is 7.89. The summed E-state index contributed by atoms with van der Waals surface area (Å²) in [5, 5.41) is 9.40. The second kappa shape index (κ2) is 5.11. The lowest BCUT2D eigenvalue weighted by Gasteiger charge is -2.22. The van der Waals surface area contributed by atoms with Gasteiger partial charge in [-0.3, -0.25) is 4.79 Å². The number of benzene rings is 1. The molecule has 1 aromatic carbocycles. The zero-order chi connectivity index (χ0) is 14.2. The maximum Gasteiger partial charge on any atom is 0.322 e. The summed E-state index contributed by atoms with van der Waals surface area (Å²) in [5.41, 5.74) is 0.556. The molecule has 7 heteroatoms. The van der Waals surface area contributed by atoms with Crippen molar-refractivity contribution in [3.63, 3.8) is 0 Å². The molecule has 0 radical (unpaired) electrons. The van der Waals surface area contributed by atoms with Gasteiger partial charge in [-0.15, -0.1) is 0 Å². The number of hydrogen-bond donors (Lipinski definition) is 1. The van der Waals surface area contributed by atoms with Crippen molar-refractivity contribution in [3.05, 3.63) is 28.8 Å². The first kappa shape index (κ1) is 14.3. The van der Waals surface area contributed by atoms with E-state index in [-0.39, 0.29) is 11.4 Å². The Bertz CT molecular complexity index is 614. The molecule has 1 heterocycles. The molecule has 1 aliphatic heterocycles.